The summed E-state index contributed by atoms with van der Waals surface area (Å²) in [5.41, 5.74) is 0.658. The zero-order valence-corrected chi connectivity index (χ0v) is 15.5. The Labute approximate surface area is 164 Å². The lowest BCUT2D eigenvalue weighted by molar-refractivity contribution is -0.147. The highest BCUT2D eigenvalue weighted by Crippen LogP contribution is 2.35. The van der Waals surface area contributed by atoms with E-state index in [9.17, 15) is 18.8 Å². The third-order valence-electron chi connectivity index (χ3n) is 4.19. The Bertz CT molecular complexity index is 901. The van der Waals surface area contributed by atoms with Crippen molar-refractivity contribution in [3.63, 3.8) is 0 Å². The third kappa shape index (κ3) is 4.28. The van der Waals surface area contributed by atoms with Crippen LogP contribution in [0.25, 0.3) is 0 Å². The van der Waals surface area contributed by atoms with E-state index in [4.69, 9.17) is 27.9 Å². The van der Waals surface area contributed by atoms with Crippen LogP contribution in [0, 0.1) is 11.7 Å². The number of halogens is 3. The van der Waals surface area contributed by atoms with Crippen molar-refractivity contribution < 1.29 is 23.5 Å². The molecule has 0 saturated carbocycles. The molecule has 27 heavy (non-hydrogen) atoms. The zero-order chi connectivity index (χ0) is 19.6. The summed E-state index contributed by atoms with van der Waals surface area (Å²) in [4.78, 5) is 37.9. The number of esters is 1. The Morgan fingerprint density at radius 2 is 1.85 bits per heavy atom. The molecule has 0 aliphatic carbocycles. The van der Waals surface area contributed by atoms with Crippen molar-refractivity contribution in [3.8, 4) is 0 Å². The molecule has 1 aliphatic rings. The van der Waals surface area contributed by atoms with Gasteiger partial charge in [-0.15, -0.1) is 0 Å². The Hall–Kier alpha value is -2.44. The van der Waals surface area contributed by atoms with E-state index in [1.165, 1.54) is 17.0 Å². The van der Waals surface area contributed by atoms with Crippen LogP contribution in [0.5, 0.6) is 0 Å². The average molecular weight is 410 g/mol. The zero-order valence-electron chi connectivity index (χ0n) is 14.0. The van der Waals surface area contributed by atoms with Crippen LogP contribution in [0.3, 0.4) is 0 Å². The van der Waals surface area contributed by atoms with Gasteiger partial charge < -0.3 is 9.64 Å². The van der Waals surface area contributed by atoms with Crippen LogP contribution in [-0.2, 0) is 14.3 Å². The molecule has 1 saturated heterocycles. The maximum absolute atomic E-state index is 12.9. The first-order valence-corrected chi connectivity index (χ1v) is 8.82. The minimum Gasteiger partial charge on any atom is -0.457 e. The van der Waals surface area contributed by atoms with Crippen molar-refractivity contribution in [2.24, 2.45) is 5.92 Å². The van der Waals surface area contributed by atoms with Gasteiger partial charge in [-0.25, -0.2) is 4.39 Å². The van der Waals surface area contributed by atoms with Gasteiger partial charge in [0, 0.05) is 18.5 Å². The molecule has 0 radical (unpaired) electrons. The highest BCUT2D eigenvalue weighted by molar-refractivity contribution is 6.44. The fourth-order valence-corrected chi connectivity index (χ4v) is 3.17. The van der Waals surface area contributed by atoms with Gasteiger partial charge in [-0.3, -0.25) is 14.4 Å². The van der Waals surface area contributed by atoms with E-state index in [0.29, 0.717) is 10.7 Å². The van der Waals surface area contributed by atoms with E-state index in [2.05, 4.69) is 0 Å². The van der Waals surface area contributed by atoms with Crippen LogP contribution in [-0.4, -0.2) is 30.8 Å². The molecule has 0 unspecified atom stereocenters. The Morgan fingerprint density at radius 3 is 2.56 bits per heavy atom. The molecule has 140 valence electrons. The van der Waals surface area contributed by atoms with Crippen LogP contribution < -0.4 is 4.90 Å². The number of nitrogens with zero attached hydrogens (tertiary/aromatic N) is 1. The van der Waals surface area contributed by atoms with Crippen molar-refractivity contribution in [2.45, 2.75) is 6.42 Å². The van der Waals surface area contributed by atoms with E-state index >= 15 is 0 Å². The molecule has 1 atom stereocenters. The van der Waals surface area contributed by atoms with E-state index < -0.39 is 30.1 Å². The summed E-state index contributed by atoms with van der Waals surface area (Å²) < 4.78 is 17.9. The number of anilines is 1. The Balaban J connectivity index is 1.61. The molecule has 1 fully saturated rings. The van der Waals surface area contributed by atoms with Gasteiger partial charge in [0.25, 0.3) is 0 Å². The monoisotopic (exact) mass is 409 g/mol. The largest absolute Gasteiger partial charge is 0.457 e. The highest BCUT2D eigenvalue weighted by atomic mass is 35.5. The Kier molecular flexibility index (Phi) is 5.77. The molecule has 3 rings (SSSR count). The molecule has 2 aromatic rings. The average Bonchev–Trinajstić information content (AvgIpc) is 3.04. The van der Waals surface area contributed by atoms with Crippen molar-refractivity contribution in [1.29, 1.82) is 0 Å². The van der Waals surface area contributed by atoms with E-state index in [0.717, 1.165) is 12.1 Å². The van der Waals surface area contributed by atoms with Crippen LogP contribution >= 0.6 is 23.2 Å². The van der Waals surface area contributed by atoms with Gasteiger partial charge in [0.2, 0.25) is 5.91 Å². The molecule has 0 aromatic heterocycles. The summed E-state index contributed by atoms with van der Waals surface area (Å²) in [7, 11) is 0. The van der Waals surface area contributed by atoms with Gasteiger partial charge in [-0.1, -0.05) is 29.3 Å². The maximum Gasteiger partial charge on any atom is 0.311 e. The van der Waals surface area contributed by atoms with Gasteiger partial charge in [0.15, 0.2) is 12.4 Å². The molecule has 0 N–H and O–H groups in total. The molecule has 8 heteroatoms. The number of ketones is 1. The third-order valence-corrected chi connectivity index (χ3v) is 5.00. The van der Waals surface area contributed by atoms with Crippen molar-refractivity contribution >= 4 is 46.5 Å². The fourth-order valence-electron chi connectivity index (χ4n) is 2.77. The Morgan fingerprint density at radius 1 is 1.15 bits per heavy atom. The second-order valence-electron chi connectivity index (χ2n) is 6.02. The number of rotatable bonds is 5. The lowest BCUT2D eigenvalue weighted by Gasteiger charge is -2.18. The number of hydrogen-bond donors (Lipinski definition) is 0. The quantitative estimate of drug-likeness (QED) is 0.554. The number of Topliss-reactive ketones (excluding diaryl/α,β-unsaturated/α-hetero) is 1. The van der Waals surface area contributed by atoms with Crippen molar-refractivity contribution in [1.82, 2.24) is 0 Å². The molecule has 5 nitrogen and oxygen atoms in total. The molecule has 1 amide bonds. The minimum absolute atomic E-state index is 0.0492. The van der Waals surface area contributed by atoms with Gasteiger partial charge in [0.05, 0.1) is 21.7 Å². The summed E-state index contributed by atoms with van der Waals surface area (Å²) in [6.07, 6.45) is -0.0492. The smallest absolute Gasteiger partial charge is 0.311 e. The van der Waals surface area contributed by atoms with E-state index in [1.807, 2.05) is 0 Å². The highest BCUT2D eigenvalue weighted by Gasteiger charge is 2.37. The predicted molar refractivity (Wildman–Crippen MR) is 98.6 cm³/mol. The summed E-state index contributed by atoms with van der Waals surface area (Å²) in [6.45, 7) is -0.393. The lowest BCUT2D eigenvalue weighted by atomic mass is 10.1. The second-order valence-corrected chi connectivity index (χ2v) is 6.80. The number of carbonyl (C=O) groups excluding carboxylic acids is 3. The molecule has 0 bridgehead atoms. The number of hydrogen-bond acceptors (Lipinski definition) is 4. The van der Waals surface area contributed by atoms with Crippen LogP contribution in [0.4, 0.5) is 10.1 Å². The fraction of sp³-hybridized carbons (Fsp3) is 0.211. The predicted octanol–water partition coefficient (Wildman–Crippen LogP) is 3.91. The molecule has 2 aromatic carbocycles. The van der Waals surface area contributed by atoms with Crippen molar-refractivity contribution in [3.05, 3.63) is 63.9 Å². The second kappa shape index (κ2) is 8.06. The van der Waals surface area contributed by atoms with Crippen LogP contribution in [0.1, 0.15) is 16.8 Å². The topological polar surface area (TPSA) is 63.7 Å². The summed E-state index contributed by atoms with van der Waals surface area (Å²) in [6, 6.07) is 9.82. The molecule has 0 spiro atoms. The first-order chi connectivity index (χ1) is 12.9. The number of carbonyl (C=O) groups is 3. The van der Waals surface area contributed by atoms with Crippen LogP contribution in [0.15, 0.2) is 42.5 Å². The number of amides is 1. The molecule has 1 aliphatic heterocycles. The summed E-state index contributed by atoms with van der Waals surface area (Å²) in [5, 5.41) is 0.533. The van der Waals surface area contributed by atoms with E-state index in [-0.39, 0.29) is 29.5 Å². The van der Waals surface area contributed by atoms with Gasteiger partial charge in [-0.05, 0) is 36.4 Å². The first kappa shape index (κ1) is 19.3. The van der Waals surface area contributed by atoms with Gasteiger partial charge in [0.1, 0.15) is 5.82 Å². The summed E-state index contributed by atoms with van der Waals surface area (Å²) in [5.74, 6) is -2.57. The summed E-state index contributed by atoms with van der Waals surface area (Å²) >= 11 is 12.1. The van der Waals surface area contributed by atoms with Gasteiger partial charge in [-0.2, -0.15) is 0 Å². The van der Waals surface area contributed by atoms with Gasteiger partial charge >= 0.3 is 5.97 Å². The molecule has 1 heterocycles. The minimum atomic E-state index is -0.714. The SMILES string of the molecule is O=C(COC(=O)[C@H]1CC(=O)N(c2cccc(Cl)c2Cl)C1)c1ccc(F)cc1. The maximum atomic E-state index is 12.9. The number of benzene rings is 2. The normalized spacial score (nSPS) is 16.5. The lowest BCUT2D eigenvalue weighted by Crippen LogP contribution is -2.27. The first-order valence-electron chi connectivity index (χ1n) is 8.06. The molecular weight excluding hydrogens is 396 g/mol. The van der Waals surface area contributed by atoms with E-state index in [1.54, 1.807) is 18.2 Å². The van der Waals surface area contributed by atoms with Crippen molar-refractivity contribution in [2.75, 3.05) is 18.1 Å². The number of ether oxygens (including phenoxy) is 1. The standard InChI is InChI=1S/C19H14Cl2FNO4/c20-14-2-1-3-15(18(14)21)23-9-12(8-17(23)25)19(26)27-10-16(24)11-4-6-13(22)7-5-11/h1-7,12H,8-10H2/t12-/m0/s1. The van der Waals surface area contributed by atoms with Crippen LogP contribution in [0.2, 0.25) is 10.0 Å². The molecular formula is C19H14Cl2FNO4.